The summed E-state index contributed by atoms with van der Waals surface area (Å²) < 4.78 is 10.4. The molecule has 0 bridgehead atoms. The Morgan fingerprint density at radius 1 is 1.27 bits per heavy atom. The Labute approximate surface area is 93.9 Å². The molecule has 0 aliphatic heterocycles. The van der Waals surface area contributed by atoms with Crippen molar-refractivity contribution >= 4 is 17.9 Å². The molecule has 0 aliphatic rings. The second-order valence-corrected chi connectivity index (χ2v) is 3.39. The first-order chi connectivity index (χ1) is 7.24. The van der Waals surface area contributed by atoms with E-state index in [-0.39, 0.29) is 0 Å². The summed E-state index contributed by atoms with van der Waals surface area (Å²) in [7, 11) is 3.09. The van der Waals surface area contributed by atoms with E-state index in [1.165, 1.54) is 7.11 Å². The minimum atomic E-state index is 0.459. The highest BCUT2D eigenvalue weighted by molar-refractivity contribution is 6.32. The maximum atomic E-state index is 10.3. The monoisotopic (exact) mass is 228 g/mol. The van der Waals surface area contributed by atoms with E-state index in [9.17, 15) is 4.79 Å². The number of halogens is 1. The van der Waals surface area contributed by atoms with Crippen LogP contribution in [-0.2, 0) is 11.2 Å². The summed E-state index contributed by atoms with van der Waals surface area (Å²) >= 11 is 5.94. The number of aryl methyl sites for hydroxylation is 1. The van der Waals surface area contributed by atoms with Crippen LogP contribution in [0.4, 0.5) is 0 Å². The van der Waals surface area contributed by atoms with Gasteiger partial charge in [-0.15, -0.1) is 0 Å². The van der Waals surface area contributed by atoms with Crippen LogP contribution in [0, 0.1) is 0 Å². The van der Waals surface area contributed by atoms with Crippen LogP contribution in [0.15, 0.2) is 12.1 Å². The van der Waals surface area contributed by atoms with Gasteiger partial charge in [-0.1, -0.05) is 17.7 Å². The van der Waals surface area contributed by atoms with E-state index in [4.69, 9.17) is 21.1 Å². The Hall–Kier alpha value is -1.22. The number of aldehydes is 1. The number of benzene rings is 1. The third kappa shape index (κ3) is 2.63. The number of ether oxygens (including phenoxy) is 2. The molecular formula is C11H13ClO3. The first-order valence-corrected chi connectivity index (χ1v) is 4.95. The van der Waals surface area contributed by atoms with Gasteiger partial charge >= 0.3 is 0 Å². The van der Waals surface area contributed by atoms with E-state index in [0.29, 0.717) is 29.4 Å². The maximum Gasteiger partial charge on any atom is 0.179 e. The van der Waals surface area contributed by atoms with Crippen molar-refractivity contribution in [3.8, 4) is 11.5 Å². The third-order valence-electron chi connectivity index (χ3n) is 2.09. The van der Waals surface area contributed by atoms with Crippen LogP contribution in [-0.4, -0.2) is 20.5 Å². The van der Waals surface area contributed by atoms with E-state index in [0.717, 1.165) is 11.8 Å². The van der Waals surface area contributed by atoms with Gasteiger partial charge in [0.25, 0.3) is 0 Å². The summed E-state index contributed by atoms with van der Waals surface area (Å²) in [4.78, 5) is 10.3. The number of carbonyl (C=O) groups is 1. The SMILES string of the molecule is COc1c(Cl)ccc(CCC=O)c1OC. The summed E-state index contributed by atoms with van der Waals surface area (Å²) in [6.45, 7) is 0. The Kier molecular flexibility index (Phi) is 4.43. The van der Waals surface area contributed by atoms with Gasteiger partial charge in [0.15, 0.2) is 11.5 Å². The second-order valence-electron chi connectivity index (χ2n) is 2.98. The van der Waals surface area contributed by atoms with Gasteiger partial charge in [0, 0.05) is 6.42 Å². The Morgan fingerprint density at radius 3 is 2.47 bits per heavy atom. The topological polar surface area (TPSA) is 35.5 Å². The largest absolute Gasteiger partial charge is 0.493 e. The fraction of sp³-hybridized carbons (Fsp3) is 0.364. The molecule has 0 aliphatic carbocycles. The molecular weight excluding hydrogens is 216 g/mol. The number of hydrogen-bond donors (Lipinski definition) is 0. The molecule has 0 unspecified atom stereocenters. The molecule has 0 saturated heterocycles. The van der Waals surface area contributed by atoms with Gasteiger partial charge in [0.05, 0.1) is 19.2 Å². The van der Waals surface area contributed by atoms with E-state index >= 15 is 0 Å². The van der Waals surface area contributed by atoms with Crippen LogP contribution < -0.4 is 9.47 Å². The van der Waals surface area contributed by atoms with Crippen LogP contribution in [0.5, 0.6) is 11.5 Å². The zero-order chi connectivity index (χ0) is 11.3. The van der Waals surface area contributed by atoms with E-state index in [2.05, 4.69) is 0 Å². The van der Waals surface area contributed by atoms with Crippen molar-refractivity contribution in [2.24, 2.45) is 0 Å². The van der Waals surface area contributed by atoms with Gasteiger partial charge in [-0.2, -0.15) is 0 Å². The molecule has 0 radical (unpaired) electrons. The predicted molar refractivity (Wildman–Crippen MR) is 58.9 cm³/mol. The molecule has 0 saturated carbocycles. The summed E-state index contributed by atoms with van der Waals surface area (Å²) in [6, 6.07) is 3.58. The molecule has 0 amide bonds. The van der Waals surface area contributed by atoms with Gasteiger partial charge in [0.2, 0.25) is 0 Å². The number of methoxy groups -OCH3 is 2. The molecule has 3 nitrogen and oxygen atoms in total. The molecule has 0 fully saturated rings. The fourth-order valence-electron chi connectivity index (χ4n) is 1.40. The fourth-order valence-corrected chi connectivity index (χ4v) is 1.63. The van der Waals surface area contributed by atoms with Gasteiger partial charge in [-0.25, -0.2) is 0 Å². The van der Waals surface area contributed by atoms with Crippen LogP contribution in [0.1, 0.15) is 12.0 Å². The lowest BCUT2D eigenvalue weighted by atomic mass is 10.1. The first kappa shape index (κ1) is 11.9. The first-order valence-electron chi connectivity index (χ1n) is 4.57. The van der Waals surface area contributed by atoms with Crippen molar-refractivity contribution in [3.05, 3.63) is 22.7 Å². The normalized spacial score (nSPS) is 9.80. The highest BCUT2D eigenvalue weighted by Gasteiger charge is 2.13. The second kappa shape index (κ2) is 5.61. The van der Waals surface area contributed by atoms with Crippen LogP contribution in [0.3, 0.4) is 0 Å². The quantitative estimate of drug-likeness (QED) is 0.727. The molecule has 0 aromatic heterocycles. The van der Waals surface area contributed by atoms with Crippen molar-refractivity contribution in [2.75, 3.05) is 14.2 Å². The Balaban J connectivity index is 3.10. The van der Waals surface area contributed by atoms with E-state index in [1.54, 1.807) is 13.2 Å². The van der Waals surface area contributed by atoms with E-state index < -0.39 is 0 Å². The van der Waals surface area contributed by atoms with Crippen LogP contribution in [0.2, 0.25) is 5.02 Å². The highest BCUT2D eigenvalue weighted by atomic mass is 35.5. The summed E-state index contributed by atoms with van der Waals surface area (Å²) in [5.41, 5.74) is 0.922. The number of carbonyl (C=O) groups excluding carboxylic acids is 1. The molecule has 15 heavy (non-hydrogen) atoms. The number of hydrogen-bond acceptors (Lipinski definition) is 3. The highest BCUT2D eigenvalue weighted by Crippen LogP contribution is 2.38. The molecule has 0 N–H and O–H groups in total. The zero-order valence-corrected chi connectivity index (χ0v) is 9.50. The lowest BCUT2D eigenvalue weighted by molar-refractivity contribution is -0.107. The minimum Gasteiger partial charge on any atom is -0.493 e. The molecule has 1 aromatic carbocycles. The smallest absolute Gasteiger partial charge is 0.179 e. The maximum absolute atomic E-state index is 10.3. The average Bonchev–Trinajstić information content (AvgIpc) is 2.26. The molecule has 0 spiro atoms. The molecule has 1 rings (SSSR count). The molecule has 0 heterocycles. The number of rotatable bonds is 5. The average molecular weight is 229 g/mol. The van der Waals surface area contributed by atoms with Crippen molar-refractivity contribution < 1.29 is 14.3 Å². The summed E-state index contributed by atoms with van der Waals surface area (Å²) in [5.74, 6) is 1.12. The van der Waals surface area contributed by atoms with Gasteiger partial charge in [-0.05, 0) is 18.1 Å². The zero-order valence-electron chi connectivity index (χ0n) is 8.75. The lowest BCUT2D eigenvalue weighted by Crippen LogP contribution is -1.97. The third-order valence-corrected chi connectivity index (χ3v) is 2.38. The van der Waals surface area contributed by atoms with Crippen LogP contribution in [0.25, 0.3) is 0 Å². The minimum absolute atomic E-state index is 0.459. The van der Waals surface area contributed by atoms with E-state index in [1.807, 2.05) is 6.07 Å². The molecule has 82 valence electrons. The van der Waals surface area contributed by atoms with Crippen LogP contribution >= 0.6 is 11.6 Å². The molecule has 4 heteroatoms. The standard InChI is InChI=1S/C11H13ClO3/c1-14-10-8(4-3-7-13)5-6-9(12)11(10)15-2/h5-7H,3-4H2,1-2H3. The molecule has 1 aromatic rings. The summed E-state index contributed by atoms with van der Waals surface area (Å²) in [6.07, 6.45) is 1.96. The van der Waals surface area contributed by atoms with Crippen molar-refractivity contribution in [1.82, 2.24) is 0 Å². The van der Waals surface area contributed by atoms with Crippen molar-refractivity contribution in [3.63, 3.8) is 0 Å². The Morgan fingerprint density at radius 2 is 1.93 bits per heavy atom. The van der Waals surface area contributed by atoms with Crippen molar-refractivity contribution in [2.45, 2.75) is 12.8 Å². The van der Waals surface area contributed by atoms with Crippen molar-refractivity contribution in [1.29, 1.82) is 0 Å². The summed E-state index contributed by atoms with van der Waals surface area (Å²) in [5, 5.41) is 0.504. The van der Waals surface area contributed by atoms with Gasteiger partial charge < -0.3 is 14.3 Å². The lowest BCUT2D eigenvalue weighted by Gasteiger charge is -2.13. The molecule has 0 atom stereocenters. The predicted octanol–water partition coefficient (Wildman–Crippen LogP) is 2.49. The Bertz CT molecular complexity index is 350. The van der Waals surface area contributed by atoms with Gasteiger partial charge in [0.1, 0.15) is 6.29 Å². The van der Waals surface area contributed by atoms with Gasteiger partial charge in [-0.3, -0.25) is 0 Å².